The Morgan fingerprint density at radius 1 is 1.50 bits per heavy atom. The third-order valence-corrected chi connectivity index (χ3v) is 2.30. The molecule has 0 saturated heterocycles. The van der Waals surface area contributed by atoms with E-state index in [0.29, 0.717) is 11.4 Å². The van der Waals surface area contributed by atoms with Gasteiger partial charge in [0.1, 0.15) is 0 Å². The van der Waals surface area contributed by atoms with Crippen LogP contribution in [0.3, 0.4) is 0 Å². The van der Waals surface area contributed by atoms with Gasteiger partial charge in [0.2, 0.25) is 0 Å². The maximum atomic E-state index is 8.76. The van der Waals surface area contributed by atoms with Gasteiger partial charge in [0.15, 0.2) is 0 Å². The topological polar surface area (TPSA) is 28.7 Å². The van der Waals surface area contributed by atoms with Crippen LogP contribution in [0, 0.1) is 17.5 Å². The van der Waals surface area contributed by atoms with E-state index in [0.717, 1.165) is 17.4 Å². The van der Waals surface area contributed by atoms with Gasteiger partial charge >= 0.3 is 0 Å². The lowest BCUT2D eigenvalue weighted by atomic mass is 10.2. The van der Waals surface area contributed by atoms with Crippen molar-refractivity contribution in [1.82, 2.24) is 4.57 Å². The third kappa shape index (κ3) is 1.47. The minimum absolute atomic E-state index is 0.553. The molecule has 1 radical (unpaired) electrons. The summed E-state index contributed by atoms with van der Waals surface area (Å²) in [7, 11) is 0. The lowest BCUT2D eigenvalue weighted by molar-refractivity contribution is 0.797. The van der Waals surface area contributed by atoms with Crippen molar-refractivity contribution < 1.29 is 0 Å². The van der Waals surface area contributed by atoms with E-state index in [-0.39, 0.29) is 0 Å². The molecule has 2 aromatic rings. The van der Waals surface area contributed by atoms with E-state index in [1.54, 1.807) is 6.07 Å². The van der Waals surface area contributed by atoms with E-state index in [1.807, 2.05) is 22.8 Å². The number of aromatic nitrogens is 1. The standard InChI is InChI=1S/C11H8ClN2/c12-4-6-14-5-3-10-2-1-9(8-13)7-11(10)14/h1-3,7H,4,6H2. The summed E-state index contributed by atoms with van der Waals surface area (Å²) in [5.74, 6) is 0.553. The van der Waals surface area contributed by atoms with Gasteiger partial charge < -0.3 is 4.57 Å². The van der Waals surface area contributed by atoms with Gasteiger partial charge in [-0.05, 0) is 18.2 Å². The van der Waals surface area contributed by atoms with Crippen molar-refractivity contribution in [2.75, 3.05) is 5.88 Å². The molecule has 0 saturated carbocycles. The number of hydrogen-bond acceptors (Lipinski definition) is 1. The number of fused-ring (bicyclic) bond motifs is 1. The second kappa shape index (κ2) is 3.73. The first-order valence-electron chi connectivity index (χ1n) is 4.32. The van der Waals surface area contributed by atoms with E-state index >= 15 is 0 Å². The summed E-state index contributed by atoms with van der Waals surface area (Å²) in [5, 5.41) is 9.85. The average molecular weight is 204 g/mol. The maximum absolute atomic E-state index is 8.76. The second-order valence-corrected chi connectivity index (χ2v) is 3.38. The van der Waals surface area contributed by atoms with Crippen molar-refractivity contribution in [3.05, 3.63) is 36.0 Å². The highest BCUT2D eigenvalue weighted by Crippen LogP contribution is 2.16. The van der Waals surface area contributed by atoms with Crippen molar-refractivity contribution in [3.63, 3.8) is 0 Å². The van der Waals surface area contributed by atoms with Crippen LogP contribution >= 0.6 is 11.6 Å². The number of nitriles is 1. The Kier molecular flexibility index (Phi) is 2.43. The van der Waals surface area contributed by atoms with Crippen molar-refractivity contribution in [1.29, 1.82) is 5.26 Å². The van der Waals surface area contributed by atoms with Crippen molar-refractivity contribution in [3.8, 4) is 6.07 Å². The zero-order chi connectivity index (χ0) is 9.97. The van der Waals surface area contributed by atoms with Crippen LogP contribution in [0.1, 0.15) is 5.56 Å². The summed E-state index contributed by atoms with van der Waals surface area (Å²) >= 11 is 5.66. The van der Waals surface area contributed by atoms with E-state index in [1.165, 1.54) is 0 Å². The van der Waals surface area contributed by atoms with Gasteiger partial charge in [0.05, 0.1) is 17.8 Å². The molecule has 1 heterocycles. The van der Waals surface area contributed by atoms with Crippen LogP contribution in [0.5, 0.6) is 0 Å². The molecule has 69 valence electrons. The van der Waals surface area contributed by atoms with E-state index in [9.17, 15) is 0 Å². The first-order chi connectivity index (χ1) is 6.85. The zero-order valence-electron chi connectivity index (χ0n) is 7.50. The molecule has 1 aromatic heterocycles. The molecule has 2 rings (SSSR count). The summed E-state index contributed by atoms with van der Waals surface area (Å²) in [6, 6.07) is 9.62. The first-order valence-corrected chi connectivity index (χ1v) is 4.85. The van der Waals surface area contributed by atoms with Crippen molar-refractivity contribution >= 4 is 22.5 Å². The summed E-state index contributed by atoms with van der Waals surface area (Å²) in [6.07, 6.45) is 3.09. The number of benzene rings is 1. The zero-order valence-corrected chi connectivity index (χ0v) is 8.25. The minimum atomic E-state index is 0.553. The number of hydrogen-bond donors (Lipinski definition) is 0. The van der Waals surface area contributed by atoms with E-state index in [4.69, 9.17) is 16.9 Å². The Balaban J connectivity index is 2.59. The highest BCUT2D eigenvalue weighted by Gasteiger charge is 2.01. The largest absolute Gasteiger partial charge is 0.338 e. The molecule has 14 heavy (non-hydrogen) atoms. The van der Waals surface area contributed by atoms with Gasteiger partial charge in [-0.3, -0.25) is 0 Å². The average Bonchev–Trinajstić information content (AvgIpc) is 2.61. The van der Waals surface area contributed by atoms with Crippen molar-refractivity contribution in [2.45, 2.75) is 6.54 Å². The molecule has 0 amide bonds. The molecule has 0 fully saturated rings. The van der Waals surface area contributed by atoms with Crippen LogP contribution in [0.2, 0.25) is 0 Å². The van der Waals surface area contributed by atoms with E-state index in [2.05, 4.69) is 12.3 Å². The lowest BCUT2D eigenvalue weighted by Gasteiger charge is -2.01. The Morgan fingerprint density at radius 3 is 3.07 bits per heavy atom. The first kappa shape index (κ1) is 9.11. The fourth-order valence-electron chi connectivity index (χ4n) is 1.46. The second-order valence-electron chi connectivity index (χ2n) is 3.00. The van der Waals surface area contributed by atoms with Gasteiger partial charge in [-0.1, -0.05) is 6.07 Å². The van der Waals surface area contributed by atoms with Gasteiger partial charge in [-0.25, -0.2) is 0 Å². The number of halogens is 1. The molecule has 3 heteroatoms. The van der Waals surface area contributed by atoms with E-state index < -0.39 is 0 Å². The summed E-state index contributed by atoms with van der Waals surface area (Å²) in [4.78, 5) is 0. The molecule has 0 bridgehead atoms. The molecule has 0 N–H and O–H groups in total. The number of alkyl halides is 1. The summed E-state index contributed by atoms with van der Waals surface area (Å²) in [5.41, 5.74) is 1.69. The lowest BCUT2D eigenvalue weighted by Crippen LogP contribution is -1.96. The van der Waals surface area contributed by atoms with Crippen LogP contribution < -0.4 is 0 Å². The molecule has 0 spiro atoms. The third-order valence-electron chi connectivity index (χ3n) is 2.13. The molecular formula is C11H8ClN2. The maximum Gasteiger partial charge on any atom is 0.0992 e. The van der Waals surface area contributed by atoms with Gasteiger partial charge in [0.25, 0.3) is 0 Å². The van der Waals surface area contributed by atoms with Gasteiger partial charge in [-0.15, -0.1) is 11.6 Å². The quantitative estimate of drug-likeness (QED) is 0.690. The Labute approximate surface area is 87.3 Å². The van der Waals surface area contributed by atoms with Gasteiger partial charge in [0, 0.05) is 23.3 Å². The van der Waals surface area contributed by atoms with Crippen LogP contribution in [0.4, 0.5) is 0 Å². The molecular weight excluding hydrogens is 196 g/mol. The smallest absolute Gasteiger partial charge is 0.0992 e. The Bertz CT molecular complexity index is 493. The fraction of sp³-hybridized carbons (Fsp3) is 0.182. The Morgan fingerprint density at radius 2 is 2.36 bits per heavy atom. The van der Waals surface area contributed by atoms with Crippen LogP contribution in [-0.4, -0.2) is 10.4 Å². The SMILES string of the molecule is N#Cc1ccc2c[c]n(CCCl)c2c1. The summed E-state index contributed by atoms with van der Waals surface area (Å²) in [6.45, 7) is 0.722. The molecule has 1 aromatic carbocycles. The van der Waals surface area contributed by atoms with Crippen LogP contribution in [0.15, 0.2) is 24.3 Å². The molecule has 0 aliphatic heterocycles. The molecule has 0 aliphatic rings. The predicted molar refractivity (Wildman–Crippen MR) is 56.2 cm³/mol. The predicted octanol–water partition coefficient (Wildman–Crippen LogP) is 2.55. The summed E-state index contributed by atoms with van der Waals surface area (Å²) < 4.78 is 1.93. The minimum Gasteiger partial charge on any atom is -0.338 e. The molecule has 0 unspecified atom stereocenters. The number of nitrogens with zero attached hydrogens (tertiary/aromatic N) is 2. The normalized spacial score (nSPS) is 10.3. The Hall–Kier alpha value is -1.46. The van der Waals surface area contributed by atoms with Crippen LogP contribution in [0.25, 0.3) is 10.9 Å². The monoisotopic (exact) mass is 203 g/mol. The number of rotatable bonds is 2. The molecule has 2 nitrogen and oxygen atoms in total. The molecule has 0 aliphatic carbocycles. The fourth-order valence-corrected chi connectivity index (χ4v) is 1.62. The highest BCUT2D eigenvalue weighted by atomic mass is 35.5. The molecule has 0 atom stereocenters. The number of aryl methyl sites for hydroxylation is 1. The highest BCUT2D eigenvalue weighted by molar-refractivity contribution is 6.17. The van der Waals surface area contributed by atoms with Crippen LogP contribution in [-0.2, 0) is 6.54 Å². The van der Waals surface area contributed by atoms with Crippen molar-refractivity contribution in [2.24, 2.45) is 0 Å². The van der Waals surface area contributed by atoms with Gasteiger partial charge in [-0.2, -0.15) is 5.26 Å².